The maximum atomic E-state index is 10.7. The molecule has 5 heteroatoms. The van der Waals surface area contributed by atoms with Crippen molar-refractivity contribution in [1.29, 1.82) is 0 Å². The van der Waals surface area contributed by atoms with E-state index >= 15 is 0 Å². The number of non-ortho nitro benzene ring substituents is 1. The number of nitrogens with zero attached hydrogens (tertiary/aromatic N) is 3. The van der Waals surface area contributed by atoms with Gasteiger partial charge < -0.3 is 4.90 Å². The van der Waals surface area contributed by atoms with Crippen molar-refractivity contribution in [1.82, 2.24) is 4.90 Å². The Morgan fingerprint density at radius 3 is 2.10 bits per heavy atom. The first kappa shape index (κ1) is 13.1. The lowest BCUT2D eigenvalue weighted by Gasteiger charge is -2.35. The molecular formula is C16H21N3O2. The maximum absolute atomic E-state index is 10.7. The first-order valence-electron chi connectivity index (χ1n) is 7.94. The van der Waals surface area contributed by atoms with Crippen LogP contribution >= 0.6 is 0 Å². The van der Waals surface area contributed by atoms with E-state index in [-0.39, 0.29) is 10.6 Å². The van der Waals surface area contributed by atoms with E-state index in [1.54, 1.807) is 12.1 Å². The van der Waals surface area contributed by atoms with Crippen LogP contribution < -0.4 is 4.90 Å². The van der Waals surface area contributed by atoms with E-state index in [0.717, 1.165) is 36.7 Å². The molecular weight excluding hydrogens is 266 g/mol. The van der Waals surface area contributed by atoms with Gasteiger partial charge in [0, 0.05) is 50.0 Å². The standard InChI is InChI=1S/C16H21N3O2/c20-19(21)16-6-4-15(5-7-16)18-10-12-8-17(9-13(12)11-18)14-2-1-3-14/h4-7,12-14H,1-3,8-11H2/t12-,13+. The monoisotopic (exact) mass is 287 g/mol. The summed E-state index contributed by atoms with van der Waals surface area (Å²) in [5.74, 6) is 1.56. The number of fused-ring (bicyclic) bond motifs is 1. The van der Waals surface area contributed by atoms with Gasteiger partial charge in [0.25, 0.3) is 5.69 Å². The van der Waals surface area contributed by atoms with Crippen molar-refractivity contribution >= 4 is 11.4 Å². The lowest BCUT2D eigenvalue weighted by molar-refractivity contribution is -0.384. The van der Waals surface area contributed by atoms with Crippen LogP contribution in [0.25, 0.3) is 0 Å². The molecule has 0 amide bonds. The number of rotatable bonds is 3. The molecule has 0 radical (unpaired) electrons. The van der Waals surface area contributed by atoms with Gasteiger partial charge in [-0.3, -0.25) is 15.0 Å². The maximum Gasteiger partial charge on any atom is 0.269 e. The fourth-order valence-corrected chi connectivity index (χ4v) is 4.08. The van der Waals surface area contributed by atoms with E-state index in [4.69, 9.17) is 0 Å². The van der Waals surface area contributed by atoms with Crippen molar-refractivity contribution < 1.29 is 4.92 Å². The smallest absolute Gasteiger partial charge is 0.269 e. The largest absolute Gasteiger partial charge is 0.371 e. The number of nitro groups is 1. The second kappa shape index (κ2) is 4.98. The molecule has 1 aromatic carbocycles. The highest BCUT2D eigenvalue weighted by molar-refractivity contribution is 5.52. The molecule has 1 aromatic rings. The van der Waals surface area contributed by atoms with Crippen molar-refractivity contribution in [3.8, 4) is 0 Å². The lowest BCUT2D eigenvalue weighted by Crippen LogP contribution is -2.40. The molecule has 0 aromatic heterocycles. The number of likely N-dealkylation sites (tertiary alicyclic amines) is 1. The lowest BCUT2D eigenvalue weighted by atomic mass is 9.92. The van der Waals surface area contributed by atoms with Crippen LogP contribution in [0.3, 0.4) is 0 Å². The predicted molar refractivity (Wildman–Crippen MR) is 81.5 cm³/mol. The highest BCUT2D eigenvalue weighted by Crippen LogP contribution is 2.38. The molecule has 2 atom stereocenters. The van der Waals surface area contributed by atoms with Crippen molar-refractivity contribution in [2.45, 2.75) is 25.3 Å². The predicted octanol–water partition coefficient (Wildman–Crippen LogP) is 2.52. The molecule has 2 heterocycles. The average Bonchev–Trinajstić information content (AvgIpc) is 2.95. The molecule has 2 saturated heterocycles. The van der Waals surface area contributed by atoms with Crippen molar-refractivity contribution in [3.63, 3.8) is 0 Å². The van der Waals surface area contributed by atoms with Gasteiger partial charge in [-0.15, -0.1) is 0 Å². The molecule has 3 aliphatic rings. The van der Waals surface area contributed by atoms with E-state index in [0.29, 0.717) is 0 Å². The van der Waals surface area contributed by atoms with E-state index in [2.05, 4.69) is 9.80 Å². The van der Waals surface area contributed by atoms with Gasteiger partial charge in [0.1, 0.15) is 0 Å². The van der Waals surface area contributed by atoms with E-state index in [1.807, 2.05) is 12.1 Å². The van der Waals surface area contributed by atoms with Gasteiger partial charge in [0.2, 0.25) is 0 Å². The van der Waals surface area contributed by atoms with Crippen molar-refractivity contribution in [2.75, 3.05) is 31.1 Å². The molecule has 3 fully saturated rings. The quantitative estimate of drug-likeness (QED) is 0.633. The minimum absolute atomic E-state index is 0.175. The summed E-state index contributed by atoms with van der Waals surface area (Å²) in [5, 5.41) is 10.7. The molecule has 1 aliphatic carbocycles. The molecule has 2 aliphatic heterocycles. The van der Waals surface area contributed by atoms with Crippen LogP contribution in [0.15, 0.2) is 24.3 Å². The molecule has 0 unspecified atom stereocenters. The fraction of sp³-hybridized carbons (Fsp3) is 0.625. The van der Waals surface area contributed by atoms with E-state index < -0.39 is 0 Å². The molecule has 4 rings (SSSR count). The highest BCUT2D eigenvalue weighted by Gasteiger charge is 2.42. The van der Waals surface area contributed by atoms with E-state index in [9.17, 15) is 10.1 Å². The second-order valence-corrected chi connectivity index (χ2v) is 6.74. The van der Waals surface area contributed by atoms with Gasteiger partial charge in [0.05, 0.1) is 4.92 Å². The molecule has 21 heavy (non-hydrogen) atoms. The first-order chi connectivity index (χ1) is 10.2. The summed E-state index contributed by atoms with van der Waals surface area (Å²) in [7, 11) is 0. The Hall–Kier alpha value is -1.62. The minimum atomic E-state index is -0.334. The van der Waals surface area contributed by atoms with Crippen LogP contribution in [0.2, 0.25) is 0 Å². The van der Waals surface area contributed by atoms with Gasteiger partial charge >= 0.3 is 0 Å². The SMILES string of the molecule is O=[N+]([O-])c1ccc(N2C[C@@H]3CN(C4CCC4)C[C@@H]3C2)cc1. The van der Waals surface area contributed by atoms with Gasteiger partial charge in [-0.2, -0.15) is 0 Å². The number of benzene rings is 1. The molecule has 5 nitrogen and oxygen atoms in total. The van der Waals surface area contributed by atoms with Gasteiger partial charge in [0.15, 0.2) is 0 Å². The van der Waals surface area contributed by atoms with E-state index in [1.165, 1.54) is 32.4 Å². The summed E-state index contributed by atoms with van der Waals surface area (Å²) in [6, 6.07) is 7.88. The average molecular weight is 287 g/mol. The molecule has 0 N–H and O–H groups in total. The van der Waals surface area contributed by atoms with Crippen LogP contribution in [0, 0.1) is 22.0 Å². The zero-order chi connectivity index (χ0) is 14.4. The topological polar surface area (TPSA) is 49.6 Å². The summed E-state index contributed by atoms with van der Waals surface area (Å²) in [6.07, 6.45) is 4.20. The fourth-order valence-electron chi connectivity index (χ4n) is 4.08. The summed E-state index contributed by atoms with van der Waals surface area (Å²) in [5.41, 5.74) is 1.31. The van der Waals surface area contributed by atoms with Crippen LogP contribution in [-0.2, 0) is 0 Å². The van der Waals surface area contributed by atoms with Gasteiger partial charge in [-0.1, -0.05) is 6.42 Å². The van der Waals surface area contributed by atoms with Crippen LogP contribution in [-0.4, -0.2) is 42.0 Å². The summed E-state index contributed by atoms with van der Waals surface area (Å²) in [4.78, 5) is 15.5. The van der Waals surface area contributed by atoms with Crippen molar-refractivity contribution in [3.05, 3.63) is 34.4 Å². The third-order valence-electron chi connectivity index (χ3n) is 5.53. The summed E-state index contributed by atoms with van der Waals surface area (Å²) < 4.78 is 0. The Morgan fingerprint density at radius 1 is 1.00 bits per heavy atom. The number of anilines is 1. The zero-order valence-electron chi connectivity index (χ0n) is 12.1. The van der Waals surface area contributed by atoms with Gasteiger partial charge in [-0.05, 0) is 36.8 Å². The Labute approximate surface area is 124 Å². The molecule has 1 saturated carbocycles. The van der Waals surface area contributed by atoms with Crippen LogP contribution in [0.4, 0.5) is 11.4 Å². The molecule has 0 bridgehead atoms. The highest BCUT2D eigenvalue weighted by atomic mass is 16.6. The van der Waals surface area contributed by atoms with Gasteiger partial charge in [-0.25, -0.2) is 0 Å². The normalized spacial score (nSPS) is 29.4. The summed E-state index contributed by atoms with van der Waals surface area (Å²) >= 11 is 0. The minimum Gasteiger partial charge on any atom is -0.371 e. The first-order valence-corrected chi connectivity index (χ1v) is 7.94. The third-order valence-corrected chi connectivity index (χ3v) is 5.53. The van der Waals surface area contributed by atoms with Crippen molar-refractivity contribution in [2.24, 2.45) is 11.8 Å². The number of nitro benzene ring substituents is 1. The Kier molecular flexibility index (Phi) is 3.10. The second-order valence-electron chi connectivity index (χ2n) is 6.74. The third kappa shape index (κ3) is 2.29. The Bertz CT molecular complexity index is 527. The number of hydrogen-bond acceptors (Lipinski definition) is 4. The molecule has 112 valence electrons. The van der Waals surface area contributed by atoms with Crippen LogP contribution in [0.5, 0.6) is 0 Å². The zero-order valence-corrected chi connectivity index (χ0v) is 12.1. The van der Waals surface area contributed by atoms with Crippen LogP contribution in [0.1, 0.15) is 19.3 Å². The Balaban J connectivity index is 1.40. The number of hydrogen-bond donors (Lipinski definition) is 0. The molecule has 0 spiro atoms. The Morgan fingerprint density at radius 2 is 1.62 bits per heavy atom. The summed E-state index contributed by atoms with van der Waals surface area (Å²) in [6.45, 7) is 4.70.